The van der Waals surface area contributed by atoms with Crippen molar-refractivity contribution in [2.45, 2.75) is 31.4 Å². The lowest BCUT2D eigenvalue weighted by Gasteiger charge is -2.35. The van der Waals surface area contributed by atoms with Crippen molar-refractivity contribution < 1.29 is 9.53 Å². The van der Waals surface area contributed by atoms with Gasteiger partial charge in [0.05, 0.1) is 24.0 Å². The molecule has 8 nitrogen and oxygen atoms in total. The maximum atomic E-state index is 11.9. The first-order valence-corrected chi connectivity index (χ1v) is 9.24. The number of rotatable bonds is 6. The Labute approximate surface area is 156 Å². The lowest BCUT2D eigenvalue weighted by atomic mass is 9.94. The van der Waals surface area contributed by atoms with Crippen LogP contribution in [0.15, 0.2) is 30.6 Å². The lowest BCUT2D eigenvalue weighted by molar-refractivity contribution is -0.148. The molecule has 1 aromatic carbocycles. The number of hydrogen-bond donors (Lipinski definition) is 3. The number of hydrogen-bond acceptors (Lipinski definition) is 6. The van der Waals surface area contributed by atoms with E-state index in [-0.39, 0.29) is 0 Å². The summed E-state index contributed by atoms with van der Waals surface area (Å²) in [5.74, 6) is 0.0458. The molecular weight excluding hydrogens is 344 g/mol. The van der Waals surface area contributed by atoms with Gasteiger partial charge in [0.2, 0.25) is 0 Å². The third-order valence-electron chi connectivity index (χ3n) is 5.23. The zero-order chi connectivity index (χ0) is 18.9. The number of benzene rings is 1. The predicted octanol–water partition coefficient (Wildman–Crippen LogP) is 1.18. The van der Waals surface area contributed by atoms with Crippen molar-refractivity contribution in [3.63, 3.8) is 0 Å². The van der Waals surface area contributed by atoms with Gasteiger partial charge >= 0.3 is 0 Å². The number of ether oxygens (including phenoxy) is 1. The minimum atomic E-state index is -0.893. The minimum absolute atomic E-state index is 0.396. The minimum Gasteiger partial charge on any atom is -0.382 e. The average Bonchev–Trinajstić information content (AvgIpc) is 3.11. The number of aromatic nitrogens is 3. The molecule has 1 amide bonds. The second-order valence-electron chi connectivity index (χ2n) is 6.99. The average molecular weight is 368 g/mol. The fraction of sp³-hybridized carbons (Fsp3) is 0.421. The lowest BCUT2D eigenvalue weighted by Crippen LogP contribution is -2.57. The van der Waals surface area contributed by atoms with E-state index in [9.17, 15) is 4.79 Å². The molecule has 8 heteroatoms. The van der Waals surface area contributed by atoms with E-state index in [2.05, 4.69) is 19.9 Å². The van der Waals surface area contributed by atoms with Crippen molar-refractivity contribution in [3.8, 4) is 0 Å². The van der Waals surface area contributed by atoms with Gasteiger partial charge in [0.15, 0.2) is 11.4 Å². The summed E-state index contributed by atoms with van der Waals surface area (Å²) < 4.78 is 7.83. The van der Waals surface area contributed by atoms with E-state index >= 15 is 0 Å². The number of primary amides is 1. The van der Waals surface area contributed by atoms with Crippen LogP contribution in [0.1, 0.15) is 19.3 Å². The Morgan fingerprint density at radius 2 is 2.19 bits per heavy atom. The smallest absolute Gasteiger partial charge is 0.251 e. The molecule has 2 aromatic heterocycles. The van der Waals surface area contributed by atoms with Crippen LogP contribution in [-0.2, 0) is 16.1 Å². The highest BCUT2D eigenvalue weighted by Gasteiger charge is 2.38. The quantitative estimate of drug-likeness (QED) is 0.562. The van der Waals surface area contributed by atoms with Gasteiger partial charge in [-0.2, -0.15) is 0 Å². The maximum absolute atomic E-state index is 11.9. The summed E-state index contributed by atoms with van der Waals surface area (Å²) in [7, 11) is 0. The number of nitrogen functional groups attached to an aromatic ring is 1. The molecule has 1 unspecified atom stereocenters. The summed E-state index contributed by atoms with van der Waals surface area (Å²) in [5, 5.41) is 4.23. The predicted molar refractivity (Wildman–Crippen MR) is 104 cm³/mol. The molecule has 0 bridgehead atoms. The highest BCUT2D eigenvalue weighted by molar-refractivity contribution is 6.06. The molecule has 1 aliphatic rings. The van der Waals surface area contributed by atoms with E-state index in [4.69, 9.17) is 16.2 Å². The molecule has 1 atom stereocenters. The number of para-hydroxylation sites is 1. The number of nitrogens with zero attached hydrogens (tertiary/aromatic N) is 3. The Bertz CT molecular complexity index is 977. The number of aryl methyl sites for hydroxylation is 1. The number of nitrogens with one attached hydrogen (secondary N) is 1. The Balaban J connectivity index is 1.50. The number of unbranched alkanes of at least 4 members (excludes halogenated alkanes) is 1. The topological polar surface area (TPSA) is 121 Å². The third kappa shape index (κ3) is 3.22. The van der Waals surface area contributed by atoms with Gasteiger partial charge in [-0.05, 0) is 25.3 Å². The van der Waals surface area contributed by atoms with Crippen LogP contribution in [0.2, 0.25) is 0 Å². The Morgan fingerprint density at radius 3 is 2.96 bits per heavy atom. The van der Waals surface area contributed by atoms with Gasteiger partial charge in [-0.15, -0.1) is 0 Å². The molecule has 1 fully saturated rings. The molecule has 4 rings (SSSR count). The summed E-state index contributed by atoms with van der Waals surface area (Å²) in [6, 6.07) is 7.92. The number of morpholine rings is 1. The van der Waals surface area contributed by atoms with Crippen molar-refractivity contribution in [3.05, 3.63) is 30.6 Å². The second-order valence-corrected chi connectivity index (χ2v) is 6.99. The number of pyridine rings is 1. The van der Waals surface area contributed by atoms with E-state index in [0.29, 0.717) is 25.4 Å². The summed E-state index contributed by atoms with van der Waals surface area (Å²) in [6.45, 7) is 2.50. The highest BCUT2D eigenvalue weighted by Crippen LogP contribution is 2.27. The largest absolute Gasteiger partial charge is 0.382 e. The zero-order valence-corrected chi connectivity index (χ0v) is 15.1. The molecule has 3 heterocycles. The number of amides is 1. The maximum Gasteiger partial charge on any atom is 0.251 e. The van der Waals surface area contributed by atoms with Crippen molar-refractivity contribution in [2.24, 2.45) is 5.73 Å². The SMILES string of the molecule is NC(=O)C1(CCCCn2cnc3c(N)nc4ccccc4c32)CNCCO1. The Kier molecular flexibility index (Phi) is 4.67. The molecule has 1 aliphatic heterocycles. The number of imidazole rings is 1. The molecular formula is C19H24N6O2. The Hall–Kier alpha value is -2.71. The van der Waals surface area contributed by atoms with Crippen LogP contribution in [0.3, 0.4) is 0 Å². The van der Waals surface area contributed by atoms with Crippen LogP contribution in [0, 0.1) is 0 Å². The van der Waals surface area contributed by atoms with Crippen molar-refractivity contribution >= 4 is 33.7 Å². The van der Waals surface area contributed by atoms with E-state index < -0.39 is 11.5 Å². The molecule has 0 radical (unpaired) electrons. The summed E-state index contributed by atoms with van der Waals surface area (Å²) >= 11 is 0. The molecule has 0 spiro atoms. The number of carbonyl (C=O) groups excluding carboxylic acids is 1. The monoisotopic (exact) mass is 368 g/mol. The summed E-state index contributed by atoms with van der Waals surface area (Å²) in [5.41, 5.74) is 13.4. The van der Waals surface area contributed by atoms with E-state index in [0.717, 1.165) is 47.9 Å². The molecule has 27 heavy (non-hydrogen) atoms. The van der Waals surface area contributed by atoms with Crippen LogP contribution in [-0.4, -0.2) is 45.7 Å². The summed E-state index contributed by atoms with van der Waals surface area (Å²) in [6.07, 6.45) is 4.10. The molecule has 0 aliphatic carbocycles. The second kappa shape index (κ2) is 7.13. The van der Waals surface area contributed by atoms with Crippen LogP contribution in [0.4, 0.5) is 5.82 Å². The molecule has 142 valence electrons. The first kappa shape index (κ1) is 17.7. The molecule has 0 saturated carbocycles. The van der Waals surface area contributed by atoms with Gasteiger partial charge in [0.1, 0.15) is 5.52 Å². The van der Waals surface area contributed by atoms with Crippen LogP contribution in [0.25, 0.3) is 21.9 Å². The summed E-state index contributed by atoms with van der Waals surface area (Å²) in [4.78, 5) is 20.8. The first-order chi connectivity index (χ1) is 13.1. The fourth-order valence-electron chi connectivity index (χ4n) is 3.77. The van der Waals surface area contributed by atoms with Gasteiger partial charge < -0.3 is 26.1 Å². The number of fused-ring (bicyclic) bond motifs is 3. The van der Waals surface area contributed by atoms with Gasteiger partial charge in [-0.3, -0.25) is 4.79 Å². The number of anilines is 1. The van der Waals surface area contributed by atoms with Gasteiger partial charge in [0, 0.05) is 25.0 Å². The molecule has 5 N–H and O–H groups in total. The zero-order valence-electron chi connectivity index (χ0n) is 15.1. The van der Waals surface area contributed by atoms with Crippen LogP contribution >= 0.6 is 0 Å². The van der Waals surface area contributed by atoms with Gasteiger partial charge in [-0.1, -0.05) is 18.2 Å². The molecule has 1 saturated heterocycles. The number of carbonyl (C=O) groups is 1. The normalized spacial score (nSPS) is 20.3. The highest BCUT2D eigenvalue weighted by atomic mass is 16.5. The van der Waals surface area contributed by atoms with Crippen LogP contribution in [0.5, 0.6) is 0 Å². The van der Waals surface area contributed by atoms with E-state index in [1.54, 1.807) is 6.33 Å². The molecule has 3 aromatic rings. The van der Waals surface area contributed by atoms with Crippen molar-refractivity contribution in [2.75, 3.05) is 25.4 Å². The fourth-order valence-corrected chi connectivity index (χ4v) is 3.77. The van der Waals surface area contributed by atoms with Gasteiger partial charge in [-0.25, -0.2) is 9.97 Å². The van der Waals surface area contributed by atoms with E-state index in [1.807, 2.05) is 24.3 Å². The first-order valence-electron chi connectivity index (χ1n) is 9.24. The van der Waals surface area contributed by atoms with Crippen LogP contribution < -0.4 is 16.8 Å². The third-order valence-corrected chi connectivity index (χ3v) is 5.23. The van der Waals surface area contributed by atoms with Crippen molar-refractivity contribution in [1.82, 2.24) is 19.9 Å². The van der Waals surface area contributed by atoms with Gasteiger partial charge in [0.25, 0.3) is 5.91 Å². The van der Waals surface area contributed by atoms with Crippen molar-refractivity contribution in [1.29, 1.82) is 0 Å². The number of nitrogens with two attached hydrogens (primary N) is 2. The standard InChI is InChI=1S/C19H24N6O2/c20-17-15-16(13-5-1-2-6-14(13)24-17)25(12-23-15)9-4-3-7-19(18(21)26)11-22-8-10-27-19/h1-2,5-6,12,22H,3-4,7-11H2,(H2,20,24)(H2,21,26). The van der Waals surface area contributed by atoms with E-state index in [1.165, 1.54) is 0 Å². The Morgan fingerprint density at radius 1 is 1.33 bits per heavy atom.